The van der Waals surface area contributed by atoms with E-state index < -0.39 is 5.97 Å². The number of hydrogen-bond acceptors (Lipinski definition) is 3. The van der Waals surface area contributed by atoms with E-state index in [4.69, 9.17) is 9.84 Å². The Morgan fingerprint density at radius 3 is 3.00 bits per heavy atom. The molecule has 0 spiro atoms. The number of benzene rings is 1. The lowest BCUT2D eigenvalue weighted by molar-refractivity contribution is -0.131. The van der Waals surface area contributed by atoms with Gasteiger partial charge in [0.2, 0.25) is 0 Å². The van der Waals surface area contributed by atoms with E-state index in [2.05, 4.69) is 0 Å². The normalized spacial score (nSPS) is 10.7. The zero-order valence-corrected chi connectivity index (χ0v) is 10.4. The minimum Gasteiger partial charge on any atom is -0.489 e. The Morgan fingerprint density at radius 2 is 2.28 bits per heavy atom. The number of aliphatic carboxylic acids is 1. The van der Waals surface area contributed by atoms with E-state index >= 15 is 0 Å². The molecule has 2 aromatic rings. The highest BCUT2D eigenvalue weighted by atomic mass is 32.1. The summed E-state index contributed by atoms with van der Waals surface area (Å²) in [6.45, 7) is 0.523. The summed E-state index contributed by atoms with van der Waals surface area (Å²) in [6, 6.07) is 9.34. The predicted molar refractivity (Wildman–Crippen MR) is 71.8 cm³/mol. The molecule has 0 amide bonds. The molecular formula is C14H12O3S. The third-order valence-electron chi connectivity index (χ3n) is 2.26. The fourth-order valence-corrected chi connectivity index (χ4v) is 2.07. The van der Waals surface area contributed by atoms with Crippen LogP contribution in [0.1, 0.15) is 11.1 Å². The van der Waals surface area contributed by atoms with Gasteiger partial charge in [0, 0.05) is 6.08 Å². The fourth-order valence-electron chi connectivity index (χ4n) is 1.42. The smallest absolute Gasteiger partial charge is 0.328 e. The molecule has 3 nitrogen and oxygen atoms in total. The molecule has 1 aromatic heterocycles. The zero-order valence-electron chi connectivity index (χ0n) is 9.58. The summed E-state index contributed by atoms with van der Waals surface area (Å²) in [5.74, 6) is -0.228. The van der Waals surface area contributed by atoms with Gasteiger partial charge in [-0.3, -0.25) is 0 Å². The van der Waals surface area contributed by atoms with Crippen LogP contribution < -0.4 is 4.74 Å². The molecule has 0 aliphatic heterocycles. The SMILES string of the molecule is O=C(O)/C=C/c1cccc(OCc2ccsc2)c1. The Kier molecular flexibility index (Phi) is 4.15. The Morgan fingerprint density at radius 1 is 1.39 bits per heavy atom. The number of thiophene rings is 1. The van der Waals surface area contributed by atoms with Crippen LogP contribution in [-0.4, -0.2) is 11.1 Å². The third-order valence-corrected chi connectivity index (χ3v) is 2.99. The second kappa shape index (κ2) is 6.02. The molecule has 92 valence electrons. The first-order chi connectivity index (χ1) is 8.74. The topological polar surface area (TPSA) is 46.5 Å². The summed E-state index contributed by atoms with van der Waals surface area (Å²) in [5.41, 5.74) is 1.94. The van der Waals surface area contributed by atoms with Crippen LogP contribution in [0.3, 0.4) is 0 Å². The third kappa shape index (κ3) is 3.75. The molecule has 4 heteroatoms. The van der Waals surface area contributed by atoms with Crippen LogP contribution in [-0.2, 0) is 11.4 Å². The van der Waals surface area contributed by atoms with Crippen molar-refractivity contribution >= 4 is 23.4 Å². The van der Waals surface area contributed by atoms with Crippen molar-refractivity contribution in [3.05, 3.63) is 58.3 Å². The Balaban J connectivity index is 2.01. The molecule has 2 rings (SSSR count). The minimum atomic E-state index is -0.959. The van der Waals surface area contributed by atoms with Gasteiger partial charge in [0.25, 0.3) is 0 Å². The molecule has 1 aromatic carbocycles. The first-order valence-corrected chi connectivity index (χ1v) is 6.33. The van der Waals surface area contributed by atoms with Gasteiger partial charge in [0.05, 0.1) is 0 Å². The number of rotatable bonds is 5. The van der Waals surface area contributed by atoms with E-state index in [1.807, 2.05) is 41.1 Å². The van der Waals surface area contributed by atoms with E-state index in [-0.39, 0.29) is 0 Å². The van der Waals surface area contributed by atoms with Crippen molar-refractivity contribution in [3.63, 3.8) is 0 Å². The first-order valence-electron chi connectivity index (χ1n) is 5.39. The molecule has 0 radical (unpaired) electrons. The van der Waals surface area contributed by atoms with E-state index in [0.29, 0.717) is 6.61 Å². The number of carboxylic acid groups (broad SMARTS) is 1. The van der Waals surface area contributed by atoms with Gasteiger partial charge in [-0.15, -0.1) is 0 Å². The molecule has 0 saturated carbocycles. The number of carboxylic acids is 1. The Bertz CT molecular complexity index is 544. The predicted octanol–water partition coefficient (Wildman–Crippen LogP) is 3.42. The Labute approximate surface area is 109 Å². The first kappa shape index (κ1) is 12.4. The van der Waals surface area contributed by atoms with Crippen LogP contribution in [0, 0.1) is 0 Å². The standard InChI is InChI=1S/C14H12O3S/c15-14(16)5-4-11-2-1-3-13(8-11)17-9-12-6-7-18-10-12/h1-8,10H,9H2,(H,15,16)/b5-4+. The zero-order chi connectivity index (χ0) is 12.8. The summed E-state index contributed by atoms with van der Waals surface area (Å²) in [5, 5.41) is 12.6. The van der Waals surface area contributed by atoms with Crippen molar-refractivity contribution in [2.24, 2.45) is 0 Å². The highest BCUT2D eigenvalue weighted by Crippen LogP contribution is 2.17. The van der Waals surface area contributed by atoms with Gasteiger partial charge >= 0.3 is 5.97 Å². The second-order valence-corrected chi connectivity index (χ2v) is 4.44. The van der Waals surface area contributed by atoms with Crippen molar-refractivity contribution in [2.75, 3.05) is 0 Å². The molecule has 0 bridgehead atoms. The van der Waals surface area contributed by atoms with Crippen LogP contribution in [0.5, 0.6) is 5.75 Å². The maximum Gasteiger partial charge on any atom is 0.328 e. The quantitative estimate of drug-likeness (QED) is 0.838. The van der Waals surface area contributed by atoms with E-state index in [9.17, 15) is 4.79 Å². The van der Waals surface area contributed by atoms with Crippen LogP contribution in [0.2, 0.25) is 0 Å². The molecule has 0 unspecified atom stereocenters. The van der Waals surface area contributed by atoms with Crippen molar-refractivity contribution < 1.29 is 14.6 Å². The molecule has 0 saturated heterocycles. The molecule has 18 heavy (non-hydrogen) atoms. The maximum atomic E-state index is 10.4. The van der Waals surface area contributed by atoms with E-state index in [0.717, 1.165) is 23.0 Å². The van der Waals surface area contributed by atoms with Crippen molar-refractivity contribution in [3.8, 4) is 5.75 Å². The lowest BCUT2D eigenvalue weighted by Gasteiger charge is -2.05. The second-order valence-electron chi connectivity index (χ2n) is 3.66. The van der Waals surface area contributed by atoms with Crippen molar-refractivity contribution in [1.82, 2.24) is 0 Å². The summed E-state index contributed by atoms with van der Waals surface area (Å²) in [4.78, 5) is 10.4. The number of carbonyl (C=O) groups is 1. The molecule has 0 fully saturated rings. The highest BCUT2D eigenvalue weighted by Gasteiger charge is 1.97. The monoisotopic (exact) mass is 260 g/mol. The fraction of sp³-hybridized carbons (Fsp3) is 0.0714. The van der Waals surface area contributed by atoms with Crippen molar-refractivity contribution in [1.29, 1.82) is 0 Å². The van der Waals surface area contributed by atoms with Crippen molar-refractivity contribution in [2.45, 2.75) is 6.61 Å². The van der Waals surface area contributed by atoms with E-state index in [1.165, 1.54) is 0 Å². The minimum absolute atomic E-state index is 0.523. The average molecular weight is 260 g/mol. The lowest BCUT2D eigenvalue weighted by atomic mass is 10.2. The molecule has 1 N–H and O–H groups in total. The van der Waals surface area contributed by atoms with Gasteiger partial charge in [-0.25, -0.2) is 4.79 Å². The van der Waals surface area contributed by atoms with E-state index in [1.54, 1.807) is 17.4 Å². The summed E-state index contributed by atoms with van der Waals surface area (Å²) in [7, 11) is 0. The summed E-state index contributed by atoms with van der Waals surface area (Å²) < 4.78 is 5.62. The summed E-state index contributed by atoms with van der Waals surface area (Å²) >= 11 is 1.63. The highest BCUT2D eigenvalue weighted by molar-refractivity contribution is 7.07. The van der Waals surface area contributed by atoms with Gasteiger partial charge in [-0.05, 0) is 46.2 Å². The maximum absolute atomic E-state index is 10.4. The van der Waals surface area contributed by atoms with Gasteiger partial charge < -0.3 is 9.84 Å². The van der Waals surface area contributed by atoms with Gasteiger partial charge in [-0.1, -0.05) is 12.1 Å². The van der Waals surface area contributed by atoms with Gasteiger partial charge in [-0.2, -0.15) is 11.3 Å². The molecular weight excluding hydrogens is 248 g/mol. The number of ether oxygens (including phenoxy) is 1. The molecule has 0 aliphatic carbocycles. The largest absolute Gasteiger partial charge is 0.489 e. The molecule has 0 atom stereocenters. The molecule has 0 aliphatic rings. The van der Waals surface area contributed by atoms with Crippen LogP contribution in [0.4, 0.5) is 0 Å². The lowest BCUT2D eigenvalue weighted by Crippen LogP contribution is -1.93. The summed E-state index contributed by atoms with van der Waals surface area (Å²) in [6.07, 6.45) is 2.65. The number of hydrogen-bond donors (Lipinski definition) is 1. The van der Waals surface area contributed by atoms with Crippen LogP contribution >= 0.6 is 11.3 Å². The Hall–Kier alpha value is -2.07. The van der Waals surface area contributed by atoms with Gasteiger partial charge in [0.15, 0.2) is 0 Å². The molecule has 1 heterocycles. The van der Waals surface area contributed by atoms with Gasteiger partial charge in [0.1, 0.15) is 12.4 Å². The average Bonchev–Trinajstić information content (AvgIpc) is 2.87. The van der Waals surface area contributed by atoms with Crippen LogP contribution in [0.25, 0.3) is 6.08 Å². The van der Waals surface area contributed by atoms with Crippen LogP contribution in [0.15, 0.2) is 47.2 Å².